The van der Waals surface area contributed by atoms with Crippen LogP contribution in [0.1, 0.15) is 200 Å². The first-order valence-corrected chi connectivity index (χ1v) is 20.0. The first kappa shape index (κ1) is 45.1. The van der Waals surface area contributed by atoms with Crippen LogP contribution in [0.2, 0.25) is 0 Å². The second-order valence-corrected chi connectivity index (χ2v) is 13.4. The zero-order valence-corrected chi connectivity index (χ0v) is 31.0. The number of hydrogen-bond donors (Lipinski definition) is 1. The zero-order valence-electron chi connectivity index (χ0n) is 31.0. The van der Waals surface area contributed by atoms with Crippen molar-refractivity contribution in [1.82, 2.24) is 0 Å². The minimum Gasteiger partial charge on any atom is -0.462 e. The van der Waals surface area contributed by atoms with Gasteiger partial charge in [0.1, 0.15) is 6.61 Å². The summed E-state index contributed by atoms with van der Waals surface area (Å²) in [6.45, 7) is 4.10. The fourth-order valence-corrected chi connectivity index (χ4v) is 5.58. The molecule has 0 aliphatic carbocycles. The third-order valence-electron chi connectivity index (χ3n) is 8.66. The van der Waals surface area contributed by atoms with E-state index in [-0.39, 0.29) is 25.2 Å². The summed E-state index contributed by atoms with van der Waals surface area (Å²) in [5, 5.41) is 9.55. The Labute approximate surface area is 291 Å². The summed E-state index contributed by atoms with van der Waals surface area (Å²) in [6, 6.07) is 0. The van der Waals surface area contributed by atoms with E-state index in [1.54, 1.807) is 0 Å². The van der Waals surface area contributed by atoms with E-state index in [9.17, 15) is 14.7 Å². The summed E-state index contributed by atoms with van der Waals surface area (Å²) in [6.07, 6.45) is 46.3. The average molecular weight is 661 g/mol. The molecule has 0 heterocycles. The lowest BCUT2D eigenvalue weighted by atomic mass is 10.1. The number of esters is 2. The molecule has 1 N–H and O–H groups in total. The van der Waals surface area contributed by atoms with E-state index in [0.717, 1.165) is 51.4 Å². The van der Waals surface area contributed by atoms with Gasteiger partial charge in [0.15, 0.2) is 6.10 Å². The molecule has 0 fully saturated rings. The predicted octanol–water partition coefficient (Wildman–Crippen LogP) is 12.5. The Morgan fingerprint density at radius 3 is 1.32 bits per heavy atom. The number of unbranched alkanes of at least 4 members (excludes halogenated alkanes) is 22. The predicted molar refractivity (Wildman–Crippen MR) is 201 cm³/mol. The molecule has 0 aromatic heterocycles. The van der Waals surface area contributed by atoms with Crippen LogP contribution < -0.4 is 0 Å². The largest absolute Gasteiger partial charge is 0.462 e. The molecule has 274 valence electrons. The standard InChI is InChI=1S/C42H76O5/c1-3-5-7-9-11-13-15-17-19-20-21-23-24-26-28-30-32-34-36-41(44)46-39-40(38-43)47-42(45)37-35-33-31-29-27-25-22-18-16-14-12-10-8-6-4-2/h12,14,18-20,22,40,43H,3-11,13,15-17,21,23-39H2,1-2H3/b14-12-,20-19-,22-18-. The van der Waals surface area contributed by atoms with Crippen molar-refractivity contribution in [3.05, 3.63) is 36.5 Å². The second-order valence-electron chi connectivity index (χ2n) is 13.4. The average Bonchev–Trinajstić information content (AvgIpc) is 3.07. The van der Waals surface area contributed by atoms with Gasteiger partial charge in [0.05, 0.1) is 6.61 Å². The molecule has 5 heteroatoms. The van der Waals surface area contributed by atoms with Crippen molar-refractivity contribution < 1.29 is 24.2 Å². The molecular weight excluding hydrogens is 584 g/mol. The van der Waals surface area contributed by atoms with Crippen LogP contribution in [0.15, 0.2) is 36.5 Å². The van der Waals surface area contributed by atoms with Crippen LogP contribution in [-0.2, 0) is 19.1 Å². The van der Waals surface area contributed by atoms with Gasteiger partial charge in [-0.05, 0) is 70.6 Å². The van der Waals surface area contributed by atoms with Gasteiger partial charge in [-0.15, -0.1) is 0 Å². The number of hydrogen-bond acceptors (Lipinski definition) is 5. The van der Waals surface area contributed by atoms with Gasteiger partial charge in [0, 0.05) is 12.8 Å². The van der Waals surface area contributed by atoms with Gasteiger partial charge >= 0.3 is 11.9 Å². The summed E-state index contributed by atoms with van der Waals surface area (Å²) in [4.78, 5) is 24.2. The van der Waals surface area contributed by atoms with E-state index in [4.69, 9.17) is 9.47 Å². The van der Waals surface area contributed by atoms with Crippen LogP contribution >= 0.6 is 0 Å². The maximum absolute atomic E-state index is 12.2. The Balaban J connectivity index is 3.57. The highest BCUT2D eigenvalue weighted by Crippen LogP contribution is 2.13. The molecule has 0 aromatic carbocycles. The minimum absolute atomic E-state index is 0.0727. The Kier molecular flexibility index (Phi) is 37.0. The molecule has 0 radical (unpaired) electrons. The SMILES string of the molecule is CCCCC/C=C\C/C=C\CCCCCCCC(=O)OC(CO)COC(=O)CCCCCCCCC/C=C\CCCCCCCCC. The van der Waals surface area contributed by atoms with E-state index < -0.39 is 6.10 Å². The van der Waals surface area contributed by atoms with E-state index >= 15 is 0 Å². The second kappa shape index (κ2) is 38.6. The fourth-order valence-electron chi connectivity index (χ4n) is 5.58. The molecule has 0 bridgehead atoms. The van der Waals surface area contributed by atoms with Crippen LogP contribution in [-0.4, -0.2) is 36.4 Å². The Hall–Kier alpha value is -1.88. The first-order chi connectivity index (χ1) is 23.1. The maximum Gasteiger partial charge on any atom is 0.306 e. The molecule has 0 saturated carbocycles. The molecule has 5 nitrogen and oxygen atoms in total. The lowest BCUT2D eigenvalue weighted by Gasteiger charge is -2.15. The molecule has 0 aromatic rings. The van der Waals surface area contributed by atoms with Crippen LogP contribution in [0.5, 0.6) is 0 Å². The molecule has 0 aliphatic rings. The number of rotatable bonds is 36. The number of allylic oxidation sites excluding steroid dienone is 6. The first-order valence-electron chi connectivity index (χ1n) is 20.0. The molecule has 0 amide bonds. The lowest BCUT2D eigenvalue weighted by molar-refractivity contribution is -0.161. The Morgan fingerprint density at radius 1 is 0.489 bits per heavy atom. The van der Waals surface area contributed by atoms with Crippen LogP contribution in [0, 0.1) is 0 Å². The van der Waals surface area contributed by atoms with Crippen molar-refractivity contribution in [3.8, 4) is 0 Å². The van der Waals surface area contributed by atoms with Crippen molar-refractivity contribution in [2.45, 2.75) is 206 Å². The van der Waals surface area contributed by atoms with Crippen LogP contribution in [0.25, 0.3) is 0 Å². The van der Waals surface area contributed by atoms with Gasteiger partial charge in [0.2, 0.25) is 0 Å². The highest BCUT2D eigenvalue weighted by molar-refractivity contribution is 5.70. The van der Waals surface area contributed by atoms with Crippen molar-refractivity contribution >= 4 is 11.9 Å². The molecule has 0 aliphatic heterocycles. The zero-order chi connectivity index (χ0) is 34.3. The van der Waals surface area contributed by atoms with E-state index in [1.807, 2.05) is 0 Å². The van der Waals surface area contributed by atoms with Gasteiger partial charge in [-0.1, -0.05) is 153 Å². The topological polar surface area (TPSA) is 72.8 Å². The van der Waals surface area contributed by atoms with E-state index in [2.05, 4.69) is 50.3 Å². The van der Waals surface area contributed by atoms with Gasteiger partial charge in [0.25, 0.3) is 0 Å². The molecule has 0 rings (SSSR count). The van der Waals surface area contributed by atoms with Gasteiger partial charge < -0.3 is 14.6 Å². The molecule has 0 saturated heterocycles. The third kappa shape index (κ3) is 36.8. The summed E-state index contributed by atoms with van der Waals surface area (Å²) in [5.74, 6) is -0.609. The molecular formula is C42H76O5. The van der Waals surface area contributed by atoms with Gasteiger partial charge in [-0.2, -0.15) is 0 Å². The van der Waals surface area contributed by atoms with Crippen molar-refractivity contribution in [2.24, 2.45) is 0 Å². The Bertz CT molecular complexity index is 756. The normalized spacial score (nSPS) is 12.5. The molecule has 0 spiro atoms. The minimum atomic E-state index is -0.778. The maximum atomic E-state index is 12.2. The smallest absolute Gasteiger partial charge is 0.306 e. The monoisotopic (exact) mass is 661 g/mol. The fraction of sp³-hybridized carbons (Fsp3) is 0.810. The number of ether oxygens (including phenoxy) is 2. The highest BCUT2D eigenvalue weighted by Gasteiger charge is 2.16. The summed E-state index contributed by atoms with van der Waals surface area (Å²) < 4.78 is 10.6. The summed E-state index contributed by atoms with van der Waals surface area (Å²) >= 11 is 0. The lowest BCUT2D eigenvalue weighted by Crippen LogP contribution is -2.28. The highest BCUT2D eigenvalue weighted by atomic mass is 16.6. The van der Waals surface area contributed by atoms with Crippen molar-refractivity contribution in [2.75, 3.05) is 13.2 Å². The number of aliphatic hydroxyl groups excluding tert-OH is 1. The number of carbonyl (C=O) groups excluding carboxylic acids is 2. The van der Waals surface area contributed by atoms with Crippen molar-refractivity contribution in [1.29, 1.82) is 0 Å². The molecule has 1 atom stereocenters. The van der Waals surface area contributed by atoms with E-state index in [0.29, 0.717) is 12.8 Å². The van der Waals surface area contributed by atoms with Gasteiger partial charge in [-0.25, -0.2) is 0 Å². The van der Waals surface area contributed by atoms with Crippen LogP contribution in [0.3, 0.4) is 0 Å². The quantitative estimate of drug-likeness (QED) is 0.0411. The number of carbonyl (C=O) groups is 2. The third-order valence-corrected chi connectivity index (χ3v) is 8.66. The van der Waals surface area contributed by atoms with E-state index in [1.165, 1.54) is 122 Å². The van der Waals surface area contributed by atoms with Crippen LogP contribution in [0.4, 0.5) is 0 Å². The molecule has 1 unspecified atom stereocenters. The van der Waals surface area contributed by atoms with Gasteiger partial charge in [-0.3, -0.25) is 9.59 Å². The summed E-state index contributed by atoms with van der Waals surface area (Å²) in [7, 11) is 0. The molecule has 47 heavy (non-hydrogen) atoms. The summed E-state index contributed by atoms with van der Waals surface area (Å²) in [5.41, 5.74) is 0. The Morgan fingerprint density at radius 2 is 0.851 bits per heavy atom. The van der Waals surface area contributed by atoms with Crippen molar-refractivity contribution in [3.63, 3.8) is 0 Å². The number of aliphatic hydroxyl groups is 1.